The SMILES string of the molecule is [C-]#[N+]c1ccc(COc2cccc(-c3cnc(Cc4nc5ccc(C)cc5n4CCOC)nc3)n2)c(F)c1. The molecular weight excluding hydrogens is 483 g/mol. The van der Waals surface area contributed by atoms with E-state index in [2.05, 4.69) is 43.4 Å². The maximum Gasteiger partial charge on any atom is 0.214 e. The second kappa shape index (κ2) is 11.2. The summed E-state index contributed by atoms with van der Waals surface area (Å²) in [5.74, 6) is 1.39. The third-order valence-electron chi connectivity index (χ3n) is 6.08. The van der Waals surface area contributed by atoms with E-state index in [4.69, 9.17) is 21.0 Å². The molecule has 5 aromatic rings. The Morgan fingerprint density at radius 1 is 1.03 bits per heavy atom. The van der Waals surface area contributed by atoms with E-state index in [0.29, 0.717) is 42.5 Å². The van der Waals surface area contributed by atoms with Crippen molar-refractivity contribution in [3.8, 4) is 17.1 Å². The van der Waals surface area contributed by atoms with Gasteiger partial charge >= 0.3 is 0 Å². The van der Waals surface area contributed by atoms with E-state index in [1.807, 2.05) is 18.2 Å². The first-order valence-electron chi connectivity index (χ1n) is 12.1. The lowest BCUT2D eigenvalue weighted by Gasteiger charge is -2.09. The molecule has 0 aliphatic rings. The summed E-state index contributed by atoms with van der Waals surface area (Å²) in [5, 5.41) is 0. The van der Waals surface area contributed by atoms with Gasteiger partial charge in [-0.3, -0.25) is 0 Å². The third-order valence-corrected chi connectivity index (χ3v) is 6.08. The van der Waals surface area contributed by atoms with E-state index in [-0.39, 0.29) is 12.3 Å². The number of halogens is 1. The van der Waals surface area contributed by atoms with Crippen LogP contribution in [0.3, 0.4) is 0 Å². The summed E-state index contributed by atoms with van der Waals surface area (Å²) in [6, 6.07) is 15.9. The van der Waals surface area contributed by atoms with E-state index >= 15 is 0 Å². The standard InChI is InChI=1S/C29H25FN6O2/c1-19-7-10-25-26(13-19)36(11-12-37-3)28(34-25)15-27-32-16-21(17-33-27)24-5-4-6-29(35-24)38-18-20-8-9-22(31-2)14-23(20)30/h4-10,13-14,16-17H,11-12,15,18H2,1,3H3. The van der Waals surface area contributed by atoms with Crippen molar-refractivity contribution >= 4 is 16.7 Å². The zero-order valence-corrected chi connectivity index (χ0v) is 21.1. The van der Waals surface area contributed by atoms with Crippen molar-refractivity contribution in [2.24, 2.45) is 0 Å². The summed E-state index contributed by atoms with van der Waals surface area (Å²) in [6.07, 6.45) is 3.93. The number of hydrogen-bond acceptors (Lipinski definition) is 6. The first kappa shape index (κ1) is 25.0. The number of aryl methyl sites for hydroxylation is 1. The fourth-order valence-corrected chi connectivity index (χ4v) is 4.10. The van der Waals surface area contributed by atoms with Gasteiger partial charge in [0.1, 0.15) is 24.1 Å². The highest BCUT2D eigenvalue weighted by molar-refractivity contribution is 5.77. The Balaban J connectivity index is 1.31. The molecule has 5 rings (SSSR count). The molecule has 0 aliphatic heterocycles. The van der Waals surface area contributed by atoms with Crippen LogP contribution in [0.5, 0.6) is 5.88 Å². The average molecular weight is 509 g/mol. The van der Waals surface area contributed by atoms with Gasteiger partial charge < -0.3 is 14.0 Å². The summed E-state index contributed by atoms with van der Waals surface area (Å²) >= 11 is 0. The molecule has 9 heteroatoms. The highest BCUT2D eigenvalue weighted by Crippen LogP contribution is 2.23. The highest BCUT2D eigenvalue weighted by Gasteiger charge is 2.14. The molecule has 0 amide bonds. The van der Waals surface area contributed by atoms with Gasteiger partial charge in [-0.2, -0.15) is 0 Å². The predicted octanol–water partition coefficient (Wildman–Crippen LogP) is 5.70. The Hall–Kier alpha value is -4.68. The molecule has 0 radical (unpaired) electrons. The van der Waals surface area contributed by atoms with Gasteiger partial charge in [-0.25, -0.2) is 29.2 Å². The number of nitrogens with zero attached hydrogens (tertiary/aromatic N) is 6. The summed E-state index contributed by atoms with van der Waals surface area (Å²) < 4.78 is 27.3. The van der Waals surface area contributed by atoms with E-state index in [1.54, 1.807) is 37.7 Å². The third kappa shape index (κ3) is 5.51. The summed E-state index contributed by atoms with van der Waals surface area (Å²) in [4.78, 5) is 21.7. The molecule has 8 nitrogen and oxygen atoms in total. The minimum Gasteiger partial charge on any atom is -0.473 e. The molecule has 2 aromatic carbocycles. The normalized spacial score (nSPS) is 11.0. The molecule has 0 saturated carbocycles. The quantitative estimate of drug-likeness (QED) is 0.238. The van der Waals surface area contributed by atoms with Gasteiger partial charge in [0.25, 0.3) is 0 Å². The van der Waals surface area contributed by atoms with Crippen LogP contribution in [0.2, 0.25) is 0 Å². The fraction of sp³-hybridized carbons (Fsp3) is 0.207. The molecule has 3 heterocycles. The van der Waals surface area contributed by atoms with Crippen molar-refractivity contribution < 1.29 is 13.9 Å². The molecule has 0 aliphatic carbocycles. The number of fused-ring (bicyclic) bond motifs is 1. The summed E-state index contributed by atoms with van der Waals surface area (Å²) in [5.41, 5.74) is 5.14. The van der Waals surface area contributed by atoms with Crippen molar-refractivity contribution in [3.63, 3.8) is 0 Å². The van der Waals surface area contributed by atoms with Crippen LogP contribution in [0.4, 0.5) is 10.1 Å². The molecule has 0 N–H and O–H groups in total. The first-order chi connectivity index (χ1) is 18.5. The zero-order chi connectivity index (χ0) is 26.5. The molecule has 0 spiro atoms. The Morgan fingerprint density at radius 2 is 1.87 bits per heavy atom. The van der Waals surface area contributed by atoms with Crippen LogP contribution in [0, 0.1) is 19.3 Å². The fourth-order valence-electron chi connectivity index (χ4n) is 4.10. The van der Waals surface area contributed by atoms with Gasteiger partial charge in [0.2, 0.25) is 5.88 Å². The van der Waals surface area contributed by atoms with Crippen LogP contribution >= 0.6 is 0 Å². The molecule has 190 valence electrons. The van der Waals surface area contributed by atoms with Crippen LogP contribution in [-0.4, -0.2) is 38.2 Å². The minimum atomic E-state index is -0.482. The monoisotopic (exact) mass is 508 g/mol. The van der Waals surface area contributed by atoms with Crippen molar-refractivity contribution in [2.75, 3.05) is 13.7 Å². The van der Waals surface area contributed by atoms with Crippen molar-refractivity contribution in [1.29, 1.82) is 0 Å². The number of imidazole rings is 1. The lowest BCUT2D eigenvalue weighted by atomic mass is 10.2. The minimum absolute atomic E-state index is 0.000396. The average Bonchev–Trinajstić information content (AvgIpc) is 3.27. The molecule has 0 atom stereocenters. The van der Waals surface area contributed by atoms with Crippen LogP contribution in [0.1, 0.15) is 22.8 Å². The number of rotatable bonds is 9. The van der Waals surface area contributed by atoms with Gasteiger partial charge in [0.05, 0.1) is 36.3 Å². The van der Waals surface area contributed by atoms with Crippen LogP contribution in [0.15, 0.2) is 67.0 Å². The van der Waals surface area contributed by atoms with Gasteiger partial charge in [0, 0.05) is 43.2 Å². The maximum absolute atomic E-state index is 14.2. The molecule has 0 saturated heterocycles. The Labute approximate surface area is 219 Å². The van der Waals surface area contributed by atoms with Crippen molar-refractivity contribution in [3.05, 3.63) is 107 Å². The van der Waals surface area contributed by atoms with Gasteiger partial charge in [0.15, 0.2) is 5.69 Å². The predicted molar refractivity (Wildman–Crippen MR) is 141 cm³/mol. The smallest absolute Gasteiger partial charge is 0.214 e. The number of aromatic nitrogens is 5. The molecule has 38 heavy (non-hydrogen) atoms. The summed E-state index contributed by atoms with van der Waals surface area (Å²) in [7, 11) is 1.69. The van der Waals surface area contributed by atoms with Crippen molar-refractivity contribution in [1.82, 2.24) is 24.5 Å². The van der Waals surface area contributed by atoms with E-state index < -0.39 is 5.82 Å². The van der Waals surface area contributed by atoms with Gasteiger partial charge in [-0.05, 0) is 36.8 Å². The molecule has 0 unspecified atom stereocenters. The number of ether oxygens (including phenoxy) is 2. The van der Waals surface area contributed by atoms with E-state index in [9.17, 15) is 4.39 Å². The molecule has 0 fully saturated rings. The molecular formula is C29H25FN6O2. The van der Waals surface area contributed by atoms with Crippen LogP contribution < -0.4 is 4.74 Å². The van der Waals surface area contributed by atoms with Crippen molar-refractivity contribution in [2.45, 2.75) is 26.5 Å². The van der Waals surface area contributed by atoms with E-state index in [0.717, 1.165) is 22.4 Å². The van der Waals surface area contributed by atoms with E-state index in [1.165, 1.54) is 11.6 Å². The zero-order valence-electron chi connectivity index (χ0n) is 21.1. The maximum atomic E-state index is 14.2. The van der Waals surface area contributed by atoms with Gasteiger partial charge in [-0.1, -0.05) is 24.3 Å². The topological polar surface area (TPSA) is 79.3 Å². The molecule has 0 bridgehead atoms. The van der Waals surface area contributed by atoms with Gasteiger partial charge in [-0.15, -0.1) is 0 Å². The van der Waals surface area contributed by atoms with Crippen LogP contribution in [-0.2, 0) is 24.3 Å². The Kier molecular flexibility index (Phi) is 7.33. The Bertz CT molecular complexity index is 1630. The Morgan fingerprint density at radius 3 is 2.63 bits per heavy atom. The summed E-state index contributed by atoms with van der Waals surface area (Å²) in [6.45, 7) is 10.3. The molecule has 3 aromatic heterocycles. The number of methoxy groups -OCH3 is 1. The highest BCUT2D eigenvalue weighted by atomic mass is 19.1. The lowest BCUT2D eigenvalue weighted by molar-refractivity contribution is 0.187. The largest absolute Gasteiger partial charge is 0.473 e. The number of hydrogen-bond donors (Lipinski definition) is 0. The second-order valence-electron chi connectivity index (χ2n) is 8.77. The lowest BCUT2D eigenvalue weighted by Crippen LogP contribution is -2.10. The van der Waals surface area contributed by atoms with Crippen LogP contribution in [0.25, 0.3) is 27.1 Å². The first-order valence-corrected chi connectivity index (χ1v) is 12.1. The number of pyridine rings is 1. The second-order valence-corrected chi connectivity index (χ2v) is 8.77. The number of benzene rings is 2.